The molecular weight excluding hydrogens is 289 g/mol. The summed E-state index contributed by atoms with van der Waals surface area (Å²) < 4.78 is 45.3. The van der Waals surface area contributed by atoms with Gasteiger partial charge >= 0.3 is 0 Å². The fraction of sp³-hybridized carbons (Fsp3) is 0.200. The van der Waals surface area contributed by atoms with Crippen LogP contribution in [0.4, 0.5) is 13.2 Å². The maximum absolute atomic E-state index is 13.7. The lowest BCUT2D eigenvalue weighted by molar-refractivity contribution is 0.409. The van der Waals surface area contributed by atoms with Crippen molar-refractivity contribution in [1.82, 2.24) is 0 Å². The number of hydrogen-bond donors (Lipinski definition) is 0. The summed E-state index contributed by atoms with van der Waals surface area (Å²) in [4.78, 5) is 0. The molecule has 0 heterocycles. The van der Waals surface area contributed by atoms with Crippen LogP contribution in [0.1, 0.15) is 16.5 Å². The molecule has 1 unspecified atom stereocenters. The summed E-state index contributed by atoms with van der Waals surface area (Å²) in [6, 6.07) is 8.29. The lowest BCUT2D eigenvalue weighted by Gasteiger charge is -2.14. The third-order valence-corrected chi connectivity index (χ3v) is 3.32. The number of hydrogen-bond acceptors (Lipinski definition) is 1. The normalized spacial score (nSPS) is 12.2. The first-order chi connectivity index (χ1) is 9.52. The van der Waals surface area contributed by atoms with E-state index in [0.29, 0.717) is 17.9 Å². The quantitative estimate of drug-likeness (QED) is 0.748. The van der Waals surface area contributed by atoms with E-state index in [0.717, 1.165) is 5.56 Å². The van der Waals surface area contributed by atoms with E-state index in [4.69, 9.17) is 16.3 Å². The standard InChI is InChI=1S/C15H12ClF3O/c1-20-14-5-3-2-4-9(14)6-11(16)15-12(18)7-10(17)8-13(15)19/h2-5,7-8,11H,6H2,1H3. The van der Waals surface area contributed by atoms with Crippen LogP contribution in [0.2, 0.25) is 0 Å². The maximum Gasteiger partial charge on any atom is 0.133 e. The van der Waals surface area contributed by atoms with Gasteiger partial charge in [-0.1, -0.05) is 18.2 Å². The van der Waals surface area contributed by atoms with E-state index in [1.165, 1.54) is 7.11 Å². The minimum absolute atomic E-state index is 0.172. The number of ether oxygens (including phenoxy) is 1. The SMILES string of the molecule is COc1ccccc1CC(Cl)c1c(F)cc(F)cc1F. The van der Waals surface area contributed by atoms with Gasteiger partial charge in [0.2, 0.25) is 0 Å². The summed E-state index contributed by atoms with van der Waals surface area (Å²) in [6.45, 7) is 0. The van der Waals surface area contributed by atoms with Gasteiger partial charge in [0.1, 0.15) is 23.2 Å². The minimum atomic E-state index is -0.989. The lowest BCUT2D eigenvalue weighted by Crippen LogP contribution is -2.04. The third-order valence-electron chi connectivity index (χ3n) is 2.95. The van der Waals surface area contributed by atoms with Crippen molar-refractivity contribution >= 4 is 11.6 Å². The Labute approximate surface area is 119 Å². The Bertz CT molecular complexity index is 593. The van der Waals surface area contributed by atoms with Crippen molar-refractivity contribution < 1.29 is 17.9 Å². The van der Waals surface area contributed by atoms with Gasteiger partial charge in [-0.05, 0) is 18.1 Å². The Morgan fingerprint density at radius 2 is 1.70 bits per heavy atom. The second-order valence-corrected chi connectivity index (χ2v) is 4.79. The monoisotopic (exact) mass is 300 g/mol. The lowest BCUT2D eigenvalue weighted by atomic mass is 10.0. The Kier molecular flexibility index (Phi) is 4.55. The summed E-state index contributed by atoms with van der Waals surface area (Å²) in [5.74, 6) is -2.36. The molecule has 0 aliphatic rings. The zero-order valence-corrected chi connectivity index (χ0v) is 11.4. The molecule has 0 spiro atoms. The van der Waals surface area contributed by atoms with Crippen molar-refractivity contribution in [2.24, 2.45) is 0 Å². The van der Waals surface area contributed by atoms with E-state index in [1.807, 2.05) is 0 Å². The van der Waals surface area contributed by atoms with Crippen molar-refractivity contribution in [3.63, 3.8) is 0 Å². The molecule has 0 aliphatic carbocycles. The van der Waals surface area contributed by atoms with E-state index in [9.17, 15) is 13.2 Å². The van der Waals surface area contributed by atoms with Gasteiger partial charge in [0, 0.05) is 17.7 Å². The molecule has 0 saturated carbocycles. The molecule has 1 atom stereocenters. The van der Waals surface area contributed by atoms with Crippen LogP contribution in [-0.4, -0.2) is 7.11 Å². The molecular formula is C15H12ClF3O. The van der Waals surface area contributed by atoms with Gasteiger partial charge in [-0.3, -0.25) is 0 Å². The van der Waals surface area contributed by atoms with E-state index >= 15 is 0 Å². The number of halogens is 4. The molecule has 106 valence electrons. The summed E-state index contributed by atoms with van der Waals surface area (Å²) in [7, 11) is 1.50. The maximum atomic E-state index is 13.7. The van der Waals surface area contributed by atoms with Crippen molar-refractivity contribution in [2.75, 3.05) is 7.11 Å². The summed E-state index contributed by atoms with van der Waals surface area (Å²) in [5, 5.41) is -0.952. The van der Waals surface area contributed by atoms with E-state index in [1.54, 1.807) is 24.3 Å². The molecule has 0 aliphatic heterocycles. The number of benzene rings is 2. The van der Waals surface area contributed by atoms with E-state index in [-0.39, 0.29) is 12.0 Å². The van der Waals surface area contributed by atoms with Crippen LogP contribution >= 0.6 is 11.6 Å². The van der Waals surface area contributed by atoms with Crippen LogP contribution in [0.15, 0.2) is 36.4 Å². The van der Waals surface area contributed by atoms with Crippen LogP contribution in [0.5, 0.6) is 5.75 Å². The van der Waals surface area contributed by atoms with Gasteiger partial charge in [0.25, 0.3) is 0 Å². The second kappa shape index (κ2) is 6.18. The molecule has 0 fully saturated rings. The van der Waals surface area contributed by atoms with Gasteiger partial charge in [-0.2, -0.15) is 0 Å². The molecule has 0 amide bonds. The largest absolute Gasteiger partial charge is 0.496 e. The number of methoxy groups -OCH3 is 1. The van der Waals surface area contributed by atoms with Gasteiger partial charge in [-0.15, -0.1) is 11.6 Å². The molecule has 5 heteroatoms. The Morgan fingerprint density at radius 3 is 2.30 bits per heavy atom. The van der Waals surface area contributed by atoms with Crippen LogP contribution in [0.25, 0.3) is 0 Å². The highest BCUT2D eigenvalue weighted by Gasteiger charge is 2.21. The van der Waals surface area contributed by atoms with Gasteiger partial charge < -0.3 is 4.74 Å². The predicted octanol–water partition coefficient (Wildman–Crippen LogP) is 4.64. The molecule has 0 aromatic heterocycles. The van der Waals surface area contributed by atoms with Crippen molar-refractivity contribution in [2.45, 2.75) is 11.8 Å². The zero-order valence-electron chi connectivity index (χ0n) is 10.7. The van der Waals surface area contributed by atoms with Crippen LogP contribution in [0.3, 0.4) is 0 Å². The van der Waals surface area contributed by atoms with Crippen molar-refractivity contribution in [3.05, 3.63) is 65.0 Å². The Balaban J connectivity index is 2.31. The number of alkyl halides is 1. The summed E-state index contributed by atoms with van der Waals surface area (Å²) in [5.41, 5.74) is 0.386. The molecule has 1 nitrogen and oxygen atoms in total. The first-order valence-corrected chi connectivity index (χ1v) is 6.37. The smallest absolute Gasteiger partial charge is 0.133 e. The fourth-order valence-electron chi connectivity index (χ4n) is 2.02. The average Bonchev–Trinajstić information content (AvgIpc) is 2.38. The molecule has 2 aromatic carbocycles. The first kappa shape index (κ1) is 14.7. The zero-order chi connectivity index (χ0) is 14.7. The number of rotatable bonds is 4. The molecule has 0 saturated heterocycles. The van der Waals surface area contributed by atoms with Gasteiger partial charge in [-0.25, -0.2) is 13.2 Å². The first-order valence-electron chi connectivity index (χ1n) is 5.93. The molecule has 20 heavy (non-hydrogen) atoms. The summed E-state index contributed by atoms with van der Waals surface area (Å²) in [6.07, 6.45) is 0.172. The molecule has 0 radical (unpaired) electrons. The minimum Gasteiger partial charge on any atom is -0.496 e. The highest BCUT2D eigenvalue weighted by molar-refractivity contribution is 6.21. The molecule has 0 N–H and O–H groups in total. The topological polar surface area (TPSA) is 9.23 Å². The fourth-order valence-corrected chi connectivity index (χ4v) is 2.39. The highest BCUT2D eigenvalue weighted by Crippen LogP contribution is 2.32. The molecule has 2 rings (SSSR count). The van der Waals surface area contributed by atoms with Gasteiger partial charge in [0.15, 0.2) is 0 Å². The number of para-hydroxylation sites is 1. The molecule has 0 bridgehead atoms. The Morgan fingerprint density at radius 1 is 1.10 bits per heavy atom. The van der Waals surface area contributed by atoms with E-state index in [2.05, 4.69) is 0 Å². The Hall–Kier alpha value is -1.68. The van der Waals surface area contributed by atoms with Gasteiger partial charge in [0.05, 0.1) is 12.5 Å². The van der Waals surface area contributed by atoms with Crippen molar-refractivity contribution in [3.8, 4) is 5.75 Å². The van der Waals surface area contributed by atoms with Crippen LogP contribution in [-0.2, 0) is 6.42 Å². The predicted molar refractivity (Wildman–Crippen MR) is 71.6 cm³/mol. The molecule has 2 aromatic rings. The summed E-state index contributed by atoms with van der Waals surface area (Å²) >= 11 is 6.07. The second-order valence-electron chi connectivity index (χ2n) is 4.27. The van der Waals surface area contributed by atoms with Crippen molar-refractivity contribution in [1.29, 1.82) is 0 Å². The van der Waals surface area contributed by atoms with E-state index < -0.39 is 22.8 Å². The highest BCUT2D eigenvalue weighted by atomic mass is 35.5. The average molecular weight is 301 g/mol. The third kappa shape index (κ3) is 3.07. The van der Waals surface area contributed by atoms with Crippen LogP contribution in [0, 0.1) is 17.5 Å². The van der Waals surface area contributed by atoms with Crippen LogP contribution < -0.4 is 4.74 Å².